The fraction of sp³-hybridized carbons (Fsp3) is 0.250. The Labute approximate surface area is 317 Å². The molecule has 0 saturated heterocycles. The Morgan fingerprint density at radius 3 is 1.30 bits per heavy atom. The molecule has 2 aliphatic rings. The van der Waals surface area contributed by atoms with Gasteiger partial charge in [-0.1, -0.05) is 0 Å². The summed E-state index contributed by atoms with van der Waals surface area (Å²) in [6.45, 7) is 8.31. The number of nitrogens with one attached hydrogen (secondary N) is 2. The lowest BCUT2D eigenvalue weighted by molar-refractivity contribution is -0.384. The van der Waals surface area contributed by atoms with Crippen LogP contribution in [0.3, 0.4) is 0 Å². The van der Waals surface area contributed by atoms with Gasteiger partial charge in [0.15, 0.2) is 0 Å². The van der Waals surface area contributed by atoms with Gasteiger partial charge in [-0.2, -0.15) is 0 Å². The number of hydrogen-bond donors (Lipinski definition) is 2. The van der Waals surface area contributed by atoms with Gasteiger partial charge in [0, 0.05) is 118 Å². The van der Waals surface area contributed by atoms with Crippen LogP contribution in [0.15, 0.2) is 60.9 Å². The van der Waals surface area contributed by atoms with E-state index in [9.17, 15) is 39.4 Å². The Bertz CT molecular complexity index is 2600. The van der Waals surface area contributed by atoms with Gasteiger partial charge in [-0.15, -0.1) is 0 Å². The highest BCUT2D eigenvalue weighted by Gasteiger charge is 2.39. The van der Waals surface area contributed by atoms with Gasteiger partial charge in [-0.3, -0.25) is 59.2 Å². The molecule has 0 radical (unpaired) electrons. The fourth-order valence-electron chi connectivity index (χ4n) is 7.89. The lowest BCUT2D eigenvalue weighted by Crippen LogP contribution is -2.51. The zero-order valence-electron chi connectivity index (χ0n) is 30.7. The number of non-ortho nitro benzene ring substituents is 2. The van der Waals surface area contributed by atoms with E-state index in [2.05, 4.69) is 20.6 Å². The SMILES string of the molecule is Cc1cnc2c(c1)cc1c3c(cc([N+](=O)[O-])cc32)C(=O)N([C@H](C)CNCCNC[C@@H](C)N2C(=O)c3cc([N+](=O)[O-])cc4c3c(cc3cc(C)cnc34)C2=O)C1=O. The second-order valence-electron chi connectivity index (χ2n) is 14.4. The second kappa shape index (κ2) is 13.5. The summed E-state index contributed by atoms with van der Waals surface area (Å²) in [5, 5.41) is 32.9. The van der Waals surface area contributed by atoms with Gasteiger partial charge in [0.05, 0.1) is 32.0 Å². The first-order chi connectivity index (χ1) is 26.7. The summed E-state index contributed by atoms with van der Waals surface area (Å²) in [4.78, 5) is 89.2. The number of fused-ring (bicyclic) bond motifs is 4. The predicted octanol–water partition coefficient (Wildman–Crippen LogP) is 5.37. The summed E-state index contributed by atoms with van der Waals surface area (Å²) in [7, 11) is 0. The maximum absolute atomic E-state index is 13.9. The van der Waals surface area contributed by atoms with Crippen LogP contribution in [0.4, 0.5) is 11.4 Å². The Morgan fingerprint density at radius 2 is 0.946 bits per heavy atom. The van der Waals surface area contributed by atoms with E-state index in [0.29, 0.717) is 56.4 Å². The van der Waals surface area contributed by atoms with Gasteiger partial charge in [0.25, 0.3) is 35.0 Å². The molecule has 0 fully saturated rings. The third-order valence-electron chi connectivity index (χ3n) is 10.5. The lowest BCUT2D eigenvalue weighted by Gasteiger charge is -2.33. The number of pyridine rings is 2. The third kappa shape index (κ3) is 5.77. The number of aryl methyl sites for hydroxylation is 2. The molecule has 0 aliphatic carbocycles. The molecule has 2 aliphatic heterocycles. The van der Waals surface area contributed by atoms with Crippen molar-refractivity contribution in [3.05, 3.63) is 115 Å². The number of carbonyl (C=O) groups excluding carboxylic acids is 4. The minimum atomic E-state index is -0.637. The molecule has 2 atom stereocenters. The van der Waals surface area contributed by atoms with Crippen molar-refractivity contribution in [3.63, 3.8) is 0 Å². The minimum absolute atomic E-state index is 0.0609. The molecule has 282 valence electrons. The fourth-order valence-corrected chi connectivity index (χ4v) is 7.89. The van der Waals surface area contributed by atoms with Crippen molar-refractivity contribution in [2.75, 3.05) is 26.2 Å². The largest absolute Gasteiger partial charge is 0.313 e. The Hall–Kier alpha value is -6.78. The number of amides is 4. The van der Waals surface area contributed by atoms with Crippen molar-refractivity contribution in [2.24, 2.45) is 0 Å². The third-order valence-corrected chi connectivity index (χ3v) is 10.5. The second-order valence-corrected chi connectivity index (χ2v) is 14.4. The molecule has 2 N–H and O–H groups in total. The Morgan fingerprint density at radius 1 is 0.589 bits per heavy atom. The molecule has 0 unspecified atom stereocenters. The number of benzene rings is 4. The Balaban J connectivity index is 0.946. The number of aromatic nitrogens is 2. The highest BCUT2D eigenvalue weighted by Crippen LogP contribution is 2.40. The van der Waals surface area contributed by atoms with E-state index >= 15 is 0 Å². The normalized spacial score (nSPS) is 15.1. The molecule has 8 rings (SSSR count). The van der Waals surface area contributed by atoms with Gasteiger partial charge < -0.3 is 10.6 Å². The molecule has 0 bridgehead atoms. The molecular weight excluding hydrogens is 720 g/mol. The van der Waals surface area contributed by atoms with E-state index in [1.807, 2.05) is 26.0 Å². The topological polar surface area (TPSA) is 211 Å². The highest BCUT2D eigenvalue weighted by atomic mass is 16.6. The van der Waals surface area contributed by atoms with Crippen LogP contribution in [0.1, 0.15) is 66.4 Å². The van der Waals surface area contributed by atoms with Crippen molar-refractivity contribution in [3.8, 4) is 0 Å². The predicted molar refractivity (Wildman–Crippen MR) is 207 cm³/mol. The average molecular weight is 755 g/mol. The molecule has 56 heavy (non-hydrogen) atoms. The summed E-state index contributed by atoms with van der Waals surface area (Å²) >= 11 is 0. The van der Waals surface area contributed by atoms with E-state index in [4.69, 9.17) is 0 Å². The molecule has 2 aromatic heterocycles. The zero-order valence-corrected chi connectivity index (χ0v) is 30.7. The van der Waals surface area contributed by atoms with Crippen molar-refractivity contribution < 1.29 is 29.0 Å². The first-order valence-electron chi connectivity index (χ1n) is 18.0. The van der Waals surface area contributed by atoms with Crippen LogP contribution in [0.2, 0.25) is 0 Å². The molecule has 4 heterocycles. The van der Waals surface area contributed by atoms with Gasteiger partial charge >= 0.3 is 0 Å². The molecule has 16 heteroatoms. The van der Waals surface area contributed by atoms with Crippen LogP contribution in [0, 0.1) is 34.1 Å². The van der Waals surface area contributed by atoms with Gasteiger partial charge in [0.2, 0.25) is 0 Å². The maximum atomic E-state index is 13.9. The molecule has 6 aromatic rings. The number of nitrogens with zero attached hydrogens (tertiary/aromatic N) is 6. The molecule has 4 amide bonds. The van der Waals surface area contributed by atoms with E-state index in [1.54, 1.807) is 38.4 Å². The standard InChI is InChI=1S/C40H34N8O8/c1-19-7-23-9-29-33-27(35(23)43-15-19)11-25(47(53)54)13-31(33)39(51)45(37(29)49)21(3)17-41-5-6-42-18-22(4)46-38(50)30-10-24-8-20(2)16-44-36(24)28-12-26(48(55)56)14-32(34(28)30)40(46)52/h7-16,21-22,41-42H,5-6,17-18H2,1-4H3/t21-,22-/m1/s1. The first kappa shape index (κ1) is 36.2. The molecule has 4 aromatic carbocycles. The van der Waals surface area contributed by atoms with Gasteiger partial charge in [-0.05, 0) is 63.1 Å². The van der Waals surface area contributed by atoms with Crippen LogP contribution in [0.25, 0.3) is 43.4 Å². The Kier molecular flexibility index (Phi) is 8.73. The smallest absolute Gasteiger partial charge is 0.270 e. The number of hydrogen-bond acceptors (Lipinski definition) is 12. The summed E-state index contributed by atoms with van der Waals surface area (Å²) in [6, 6.07) is 10.9. The summed E-state index contributed by atoms with van der Waals surface area (Å²) in [6.07, 6.45) is 3.26. The van der Waals surface area contributed by atoms with Crippen LogP contribution in [-0.2, 0) is 0 Å². The molecule has 0 spiro atoms. The van der Waals surface area contributed by atoms with Crippen molar-refractivity contribution >= 4 is 78.4 Å². The number of nitro groups is 2. The monoisotopic (exact) mass is 754 g/mol. The van der Waals surface area contributed by atoms with Crippen molar-refractivity contribution in [1.82, 2.24) is 30.4 Å². The van der Waals surface area contributed by atoms with Crippen LogP contribution >= 0.6 is 0 Å². The van der Waals surface area contributed by atoms with E-state index < -0.39 is 45.6 Å². The molecular formula is C40H34N8O8. The quantitative estimate of drug-likeness (QED) is 0.0562. The molecule has 16 nitrogen and oxygen atoms in total. The van der Waals surface area contributed by atoms with E-state index in [-0.39, 0.29) is 46.7 Å². The number of nitro benzene ring substituents is 2. The van der Waals surface area contributed by atoms with Crippen LogP contribution in [0.5, 0.6) is 0 Å². The van der Waals surface area contributed by atoms with E-state index in [0.717, 1.165) is 20.9 Å². The van der Waals surface area contributed by atoms with E-state index in [1.165, 1.54) is 24.3 Å². The van der Waals surface area contributed by atoms with Gasteiger partial charge in [-0.25, -0.2) is 0 Å². The average Bonchev–Trinajstić information content (AvgIpc) is 3.16. The number of carbonyl (C=O) groups is 4. The number of rotatable bonds is 11. The first-order valence-corrected chi connectivity index (χ1v) is 18.0. The van der Waals surface area contributed by atoms with Gasteiger partial charge in [0.1, 0.15) is 0 Å². The summed E-state index contributed by atoms with van der Waals surface area (Å²) in [5.74, 6) is -2.30. The van der Waals surface area contributed by atoms with Crippen LogP contribution in [-0.4, -0.2) is 91.5 Å². The zero-order chi connectivity index (χ0) is 39.7. The van der Waals surface area contributed by atoms with Crippen LogP contribution < -0.4 is 10.6 Å². The highest BCUT2D eigenvalue weighted by molar-refractivity contribution is 6.30. The van der Waals surface area contributed by atoms with Crippen molar-refractivity contribution in [2.45, 2.75) is 39.8 Å². The minimum Gasteiger partial charge on any atom is -0.313 e. The number of imide groups is 2. The maximum Gasteiger partial charge on any atom is 0.270 e. The summed E-state index contributed by atoms with van der Waals surface area (Å²) < 4.78 is 0. The van der Waals surface area contributed by atoms with Crippen molar-refractivity contribution in [1.29, 1.82) is 0 Å². The molecule has 0 saturated carbocycles. The summed E-state index contributed by atoms with van der Waals surface area (Å²) in [5.41, 5.74) is 2.71. The lowest BCUT2D eigenvalue weighted by atomic mass is 9.90.